The van der Waals surface area contributed by atoms with Crippen molar-refractivity contribution in [2.75, 3.05) is 31.1 Å². The minimum absolute atomic E-state index is 0.540. The first-order valence-corrected chi connectivity index (χ1v) is 12.7. The van der Waals surface area contributed by atoms with Crippen LogP contribution in [0.25, 0.3) is 0 Å². The predicted molar refractivity (Wildman–Crippen MR) is 123 cm³/mol. The zero-order valence-electron chi connectivity index (χ0n) is 19.3. The van der Waals surface area contributed by atoms with E-state index in [-0.39, 0.29) is 0 Å². The minimum Gasteiger partial charge on any atom is -0.348 e. The lowest BCUT2D eigenvalue weighted by atomic mass is 9.85. The van der Waals surface area contributed by atoms with Crippen molar-refractivity contribution in [2.24, 2.45) is 5.92 Å². The second-order valence-electron chi connectivity index (χ2n) is 10.8. The molecule has 1 aromatic heterocycles. The number of hydrogen-bond donors (Lipinski definition) is 0. The van der Waals surface area contributed by atoms with Crippen molar-refractivity contribution in [1.82, 2.24) is 19.8 Å². The average molecular weight is 412 g/mol. The molecule has 2 bridgehead atoms. The second-order valence-corrected chi connectivity index (χ2v) is 10.8. The van der Waals surface area contributed by atoms with Crippen molar-refractivity contribution < 1.29 is 0 Å². The Hall–Kier alpha value is -1.20. The summed E-state index contributed by atoms with van der Waals surface area (Å²) in [6, 6.07) is 4.91. The van der Waals surface area contributed by atoms with Gasteiger partial charge in [0.1, 0.15) is 11.6 Å². The maximum absolute atomic E-state index is 5.16. The first-order chi connectivity index (χ1) is 14.6. The van der Waals surface area contributed by atoms with Gasteiger partial charge < -0.3 is 9.80 Å². The highest BCUT2D eigenvalue weighted by atomic mass is 15.4. The Morgan fingerprint density at radius 2 is 1.50 bits per heavy atom. The lowest BCUT2D eigenvalue weighted by molar-refractivity contribution is 0.109. The number of fused-ring (bicyclic) bond motifs is 2. The summed E-state index contributed by atoms with van der Waals surface area (Å²) in [5.74, 6) is 3.78. The summed E-state index contributed by atoms with van der Waals surface area (Å²) < 4.78 is 0. The van der Waals surface area contributed by atoms with Crippen molar-refractivity contribution in [3.8, 4) is 0 Å². The highest BCUT2D eigenvalue weighted by Gasteiger charge is 2.41. The van der Waals surface area contributed by atoms with Gasteiger partial charge in [0.15, 0.2) is 0 Å². The van der Waals surface area contributed by atoms with E-state index in [1.807, 2.05) is 6.20 Å². The molecule has 4 heterocycles. The zero-order chi connectivity index (χ0) is 20.7. The number of aromatic nitrogens is 2. The van der Waals surface area contributed by atoms with Crippen LogP contribution >= 0.6 is 0 Å². The van der Waals surface area contributed by atoms with Crippen LogP contribution in [0.3, 0.4) is 0 Å². The van der Waals surface area contributed by atoms with Crippen molar-refractivity contribution in [3.63, 3.8) is 0 Å². The monoisotopic (exact) mass is 411 g/mol. The Bertz CT molecular complexity index is 691. The van der Waals surface area contributed by atoms with Crippen LogP contribution in [-0.2, 0) is 0 Å². The van der Waals surface area contributed by atoms with E-state index in [1.54, 1.807) is 0 Å². The molecule has 0 radical (unpaired) electrons. The van der Waals surface area contributed by atoms with Crippen LogP contribution < -0.4 is 4.90 Å². The number of nitrogens with zero attached hydrogens (tertiary/aromatic N) is 5. The van der Waals surface area contributed by atoms with E-state index in [0.717, 1.165) is 17.8 Å². The summed E-state index contributed by atoms with van der Waals surface area (Å²) in [6.07, 6.45) is 12.8. The third kappa shape index (κ3) is 4.12. The normalized spacial score (nSPS) is 34.1. The Kier molecular flexibility index (Phi) is 6.03. The molecule has 5 nitrogen and oxygen atoms in total. The molecule has 4 fully saturated rings. The third-order valence-corrected chi connectivity index (χ3v) is 8.56. The van der Waals surface area contributed by atoms with Gasteiger partial charge in [-0.25, -0.2) is 9.97 Å². The van der Waals surface area contributed by atoms with E-state index in [0.29, 0.717) is 24.0 Å². The maximum atomic E-state index is 5.16. The van der Waals surface area contributed by atoms with Crippen LogP contribution in [0.4, 0.5) is 5.82 Å². The van der Waals surface area contributed by atoms with Crippen LogP contribution in [-0.4, -0.2) is 70.1 Å². The molecular formula is C25H41N5. The van der Waals surface area contributed by atoms with Gasteiger partial charge in [0.2, 0.25) is 0 Å². The minimum atomic E-state index is 0.540. The van der Waals surface area contributed by atoms with Gasteiger partial charge in [0.25, 0.3) is 0 Å². The summed E-state index contributed by atoms with van der Waals surface area (Å²) in [6.45, 7) is 11.9. The second kappa shape index (κ2) is 8.74. The van der Waals surface area contributed by atoms with Gasteiger partial charge in [0, 0.05) is 49.4 Å². The number of likely N-dealkylation sites (tertiary alicyclic amines) is 2. The van der Waals surface area contributed by atoms with Crippen molar-refractivity contribution in [1.29, 1.82) is 0 Å². The SMILES string of the molecule is CC(C)N1CC2CCC(C1)N2c1ccnc(C2CCN([C@H]3CC[C@H](C)CC3)CC2)n1. The highest BCUT2D eigenvalue weighted by molar-refractivity contribution is 5.44. The van der Waals surface area contributed by atoms with E-state index < -0.39 is 0 Å². The summed E-state index contributed by atoms with van der Waals surface area (Å²) in [4.78, 5) is 18.0. The molecule has 0 N–H and O–H groups in total. The molecule has 0 aromatic carbocycles. The first-order valence-electron chi connectivity index (χ1n) is 12.7. The molecule has 30 heavy (non-hydrogen) atoms. The largest absolute Gasteiger partial charge is 0.348 e. The van der Waals surface area contributed by atoms with Gasteiger partial charge >= 0.3 is 0 Å². The van der Waals surface area contributed by atoms with Crippen molar-refractivity contribution in [3.05, 3.63) is 18.1 Å². The van der Waals surface area contributed by atoms with Crippen LogP contribution in [0.1, 0.15) is 83.9 Å². The molecule has 166 valence electrons. The molecule has 3 saturated heterocycles. The molecule has 2 unspecified atom stereocenters. The lowest BCUT2D eigenvalue weighted by Crippen LogP contribution is -2.55. The number of anilines is 1. The predicted octanol–water partition coefficient (Wildman–Crippen LogP) is 4.30. The van der Waals surface area contributed by atoms with Crippen LogP contribution in [0.2, 0.25) is 0 Å². The Morgan fingerprint density at radius 1 is 0.867 bits per heavy atom. The van der Waals surface area contributed by atoms with Crippen molar-refractivity contribution in [2.45, 2.75) is 102 Å². The molecule has 1 aliphatic carbocycles. The molecule has 0 amide bonds. The number of piperidine rings is 1. The summed E-state index contributed by atoms with van der Waals surface area (Å²) in [5.41, 5.74) is 0. The smallest absolute Gasteiger partial charge is 0.133 e. The number of hydrogen-bond acceptors (Lipinski definition) is 5. The summed E-state index contributed by atoms with van der Waals surface area (Å²) in [7, 11) is 0. The van der Waals surface area contributed by atoms with E-state index >= 15 is 0 Å². The summed E-state index contributed by atoms with van der Waals surface area (Å²) >= 11 is 0. The molecular weight excluding hydrogens is 370 g/mol. The van der Waals surface area contributed by atoms with Crippen LogP contribution in [0, 0.1) is 5.92 Å². The van der Waals surface area contributed by atoms with Gasteiger partial charge in [-0.1, -0.05) is 6.92 Å². The first kappa shape index (κ1) is 20.7. The molecule has 1 saturated carbocycles. The van der Waals surface area contributed by atoms with E-state index in [4.69, 9.17) is 9.97 Å². The fourth-order valence-electron chi connectivity index (χ4n) is 6.57. The molecule has 0 spiro atoms. The quantitative estimate of drug-likeness (QED) is 0.738. The van der Waals surface area contributed by atoms with E-state index in [9.17, 15) is 0 Å². The highest BCUT2D eigenvalue weighted by Crippen LogP contribution is 2.36. The Morgan fingerprint density at radius 3 is 2.13 bits per heavy atom. The fourth-order valence-corrected chi connectivity index (χ4v) is 6.57. The average Bonchev–Trinajstić information content (AvgIpc) is 3.03. The van der Waals surface area contributed by atoms with Gasteiger partial charge in [-0.05, 0) is 90.3 Å². The van der Waals surface area contributed by atoms with Gasteiger partial charge in [-0.15, -0.1) is 0 Å². The van der Waals surface area contributed by atoms with E-state index in [2.05, 4.69) is 41.5 Å². The van der Waals surface area contributed by atoms with Gasteiger partial charge in [-0.3, -0.25) is 4.90 Å². The number of piperazine rings is 1. The topological polar surface area (TPSA) is 35.5 Å². The number of rotatable bonds is 4. The van der Waals surface area contributed by atoms with Crippen LogP contribution in [0.15, 0.2) is 12.3 Å². The standard InChI is InChI=1S/C25H41N5/c1-18(2)29-16-22-8-9-23(17-29)30(22)24-10-13-26-25(27-24)20-11-14-28(15-12-20)21-6-4-19(3)5-7-21/h10,13,18-23H,4-9,11-12,14-17H2,1-3H3/t19-,21-,22?,23?. The van der Waals surface area contributed by atoms with Gasteiger partial charge in [-0.2, -0.15) is 0 Å². The summed E-state index contributed by atoms with van der Waals surface area (Å²) in [5, 5.41) is 0. The molecule has 3 aliphatic heterocycles. The van der Waals surface area contributed by atoms with E-state index in [1.165, 1.54) is 83.4 Å². The van der Waals surface area contributed by atoms with Gasteiger partial charge in [0.05, 0.1) is 0 Å². The molecule has 1 aromatic rings. The zero-order valence-corrected chi connectivity index (χ0v) is 19.3. The van der Waals surface area contributed by atoms with Crippen LogP contribution in [0.5, 0.6) is 0 Å². The molecule has 4 aliphatic rings. The Balaban J connectivity index is 1.22. The third-order valence-electron chi connectivity index (χ3n) is 8.56. The van der Waals surface area contributed by atoms with Crippen molar-refractivity contribution >= 4 is 5.82 Å². The fraction of sp³-hybridized carbons (Fsp3) is 0.840. The molecule has 5 rings (SSSR count). The molecule has 5 heteroatoms. The lowest BCUT2D eigenvalue weighted by Gasteiger charge is -2.43. The maximum Gasteiger partial charge on any atom is 0.133 e. The molecule has 2 atom stereocenters. The Labute approximate surface area is 183 Å².